The van der Waals surface area contributed by atoms with Crippen molar-refractivity contribution in [3.63, 3.8) is 0 Å². The molecule has 0 aliphatic carbocycles. The molecule has 1 amide bonds. The van der Waals surface area contributed by atoms with Gasteiger partial charge in [-0.15, -0.1) is 11.3 Å². The maximum absolute atomic E-state index is 12.6. The van der Waals surface area contributed by atoms with E-state index in [-0.39, 0.29) is 5.91 Å². The minimum absolute atomic E-state index is 0.107. The number of hydrogen-bond donors (Lipinski definition) is 0. The molecular weight excluding hydrogens is 350 g/mol. The van der Waals surface area contributed by atoms with Crippen LogP contribution in [-0.2, 0) is 0 Å². The monoisotopic (exact) mass is 369 g/mol. The van der Waals surface area contributed by atoms with Gasteiger partial charge in [0.15, 0.2) is 5.82 Å². The van der Waals surface area contributed by atoms with Gasteiger partial charge in [0.1, 0.15) is 5.82 Å². The molecule has 7 nitrogen and oxygen atoms in total. The Kier molecular flexibility index (Phi) is 4.66. The molecule has 26 heavy (non-hydrogen) atoms. The van der Waals surface area contributed by atoms with Crippen molar-refractivity contribution in [3.8, 4) is 11.5 Å². The zero-order chi connectivity index (χ0) is 17.9. The number of pyridine rings is 1. The highest BCUT2D eigenvalue weighted by Crippen LogP contribution is 2.28. The number of carbonyl (C=O) groups is 1. The molecule has 134 valence electrons. The maximum Gasteiger partial charge on any atom is 0.263 e. The largest absolute Gasteiger partial charge is 0.354 e. The molecule has 3 aromatic heterocycles. The van der Waals surface area contributed by atoms with Gasteiger partial charge < -0.3 is 14.3 Å². The van der Waals surface area contributed by atoms with E-state index in [4.69, 9.17) is 4.52 Å². The Labute approximate surface area is 155 Å². The molecule has 1 saturated heterocycles. The molecule has 0 spiro atoms. The first-order valence-electron chi connectivity index (χ1n) is 8.56. The van der Waals surface area contributed by atoms with E-state index in [9.17, 15) is 4.79 Å². The molecule has 0 atom stereocenters. The van der Waals surface area contributed by atoms with Crippen molar-refractivity contribution in [2.75, 3.05) is 31.1 Å². The number of amides is 1. The van der Waals surface area contributed by atoms with Crippen LogP contribution in [0.5, 0.6) is 0 Å². The summed E-state index contributed by atoms with van der Waals surface area (Å²) in [5.41, 5.74) is 0.825. The molecule has 8 heteroatoms. The van der Waals surface area contributed by atoms with Crippen molar-refractivity contribution in [1.82, 2.24) is 20.0 Å². The third kappa shape index (κ3) is 3.32. The van der Waals surface area contributed by atoms with Crippen LogP contribution in [0.15, 0.2) is 40.4 Å². The van der Waals surface area contributed by atoms with E-state index in [1.807, 2.05) is 34.5 Å². The van der Waals surface area contributed by atoms with Crippen LogP contribution in [0.4, 0.5) is 5.82 Å². The molecule has 1 fully saturated rings. The Morgan fingerprint density at radius 3 is 2.88 bits per heavy atom. The lowest BCUT2D eigenvalue weighted by molar-refractivity contribution is 0.0772. The summed E-state index contributed by atoms with van der Waals surface area (Å²) in [6.07, 6.45) is 2.65. The van der Waals surface area contributed by atoms with E-state index in [0.29, 0.717) is 24.8 Å². The summed E-state index contributed by atoms with van der Waals surface area (Å²) in [5, 5.41) is 5.81. The fourth-order valence-electron chi connectivity index (χ4n) is 3.11. The fraction of sp³-hybridized carbons (Fsp3) is 0.333. The minimum Gasteiger partial charge on any atom is -0.354 e. The number of aryl methyl sites for hydroxylation is 1. The van der Waals surface area contributed by atoms with Crippen LogP contribution in [0.1, 0.15) is 21.9 Å². The standard InChI is InChI=1S/C18H19N5O2S/c1-13-20-17(25-21-13)14-5-2-7-19-16(14)22-8-4-9-23(11-10-22)18(24)15-6-3-12-26-15/h2-3,5-7,12H,4,8-11H2,1H3. The Balaban J connectivity index is 1.54. The Hall–Kier alpha value is -2.74. The lowest BCUT2D eigenvalue weighted by Crippen LogP contribution is -2.35. The van der Waals surface area contributed by atoms with Crippen molar-refractivity contribution in [1.29, 1.82) is 0 Å². The molecule has 0 radical (unpaired) electrons. The first-order valence-corrected chi connectivity index (χ1v) is 9.44. The Morgan fingerprint density at radius 2 is 2.12 bits per heavy atom. The number of aromatic nitrogens is 3. The van der Waals surface area contributed by atoms with Crippen LogP contribution < -0.4 is 4.90 Å². The molecule has 0 bridgehead atoms. The maximum atomic E-state index is 12.6. The van der Waals surface area contributed by atoms with Gasteiger partial charge in [-0.3, -0.25) is 4.79 Å². The van der Waals surface area contributed by atoms with Gasteiger partial charge in [-0.25, -0.2) is 4.98 Å². The summed E-state index contributed by atoms with van der Waals surface area (Å²) in [4.78, 5) is 26.4. The smallest absolute Gasteiger partial charge is 0.263 e. The first kappa shape index (κ1) is 16.7. The van der Waals surface area contributed by atoms with Gasteiger partial charge in [-0.05, 0) is 36.9 Å². The summed E-state index contributed by atoms with van der Waals surface area (Å²) in [5.74, 6) is 2.00. The van der Waals surface area contributed by atoms with E-state index < -0.39 is 0 Å². The molecule has 0 unspecified atom stereocenters. The van der Waals surface area contributed by atoms with Crippen molar-refractivity contribution in [3.05, 3.63) is 46.5 Å². The van der Waals surface area contributed by atoms with Gasteiger partial charge in [0, 0.05) is 32.4 Å². The van der Waals surface area contributed by atoms with E-state index in [2.05, 4.69) is 20.0 Å². The number of hydrogen-bond acceptors (Lipinski definition) is 7. The Morgan fingerprint density at radius 1 is 1.19 bits per heavy atom. The number of nitrogens with zero attached hydrogens (tertiary/aromatic N) is 5. The third-order valence-corrected chi connectivity index (χ3v) is 5.22. The van der Waals surface area contributed by atoms with E-state index in [0.717, 1.165) is 35.8 Å². The van der Waals surface area contributed by atoms with Crippen molar-refractivity contribution < 1.29 is 9.32 Å². The third-order valence-electron chi connectivity index (χ3n) is 4.36. The topological polar surface area (TPSA) is 75.4 Å². The van der Waals surface area contributed by atoms with Crippen molar-refractivity contribution in [2.45, 2.75) is 13.3 Å². The summed E-state index contributed by atoms with van der Waals surface area (Å²) in [6.45, 7) is 4.74. The second-order valence-electron chi connectivity index (χ2n) is 6.13. The predicted molar refractivity (Wildman–Crippen MR) is 99.3 cm³/mol. The van der Waals surface area contributed by atoms with Crippen LogP contribution >= 0.6 is 11.3 Å². The minimum atomic E-state index is 0.107. The highest BCUT2D eigenvalue weighted by atomic mass is 32.1. The quantitative estimate of drug-likeness (QED) is 0.707. The van der Waals surface area contributed by atoms with Gasteiger partial charge in [0.2, 0.25) is 0 Å². The van der Waals surface area contributed by atoms with Crippen LogP contribution in [-0.4, -0.2) is 52.1 Å². The summed E-state index contributed by atoms with van der Waals surface area (Å²) in [7, 11) is 0. The molecule has 0 saturated carbocycles. The predicted octanol–water partition coefficient (Wildman–Crippen LogP) is 2.85. The van der Waals surface area contributed by atoms with Gasteiger partial charge in [-0.2, -0.15) is 4.98 Å². The second-order valence-corrected chi connectivity index (χ2v) is 7.08. The van der Waals surface area contributed by atoms with Gasteiger partial charge >= 0.3 is 0 Å². The lowest BCUT2D eigenvalue weighted by Gasteiger charge is -2.23. The van der Waals surface area contributed by atoms with Crippen LogP contribution in [0.25, 0.3) is 11.5 Å². The van der Waals surface area contributed by atoms with Crippen LogP contribution in [0, 0.1) is 6.92 Å². The number of rotatable bonds is 3. The fourth-order valence-corrected chi connectivity index (χ4v) is 3.80. The molecular formula is C18H19N5O2S. The SMILES string of the molecule is Cc1noc(-c2cccnc2N2CCCN(C(=O)c3cccs3)CC2)n1. The average molecular weight is 369 g/mol. The van der Waals surface area contributed by atoms with E-state index in [1.165, 1.54) is 11.3 Å². The molecule has 3 aromatic rings. The molecule has 1 aliphatic heterocycles. The normalized spacial score (nSPS) is 15.1. The lowest BCUT2D eigenvalue weighted by atomic mass is 10.2. The highest BCUT2D eigenvalue weighted by molar-refractivity contribution is 7.12. The van der Waals surface area contributed by atoms with Gasteiger partial charge in [0.05, 0.1) is 10.4 Å². The van der Waals surface area contributed by atoms with Crippen molar-refractivity contribution in [2.24, 2.45) is 0 Å². The van der Waals surface area contributed by atoms with Gasteiger partial charge in [-0.1, -0.05) is 11.2 Å². The number of carbonyl (C=O) groups excluding carboxylic acids is 1. The summed E-state index contributed by atoms with van der Waals surface area (Å²) >= 11 is 1.49. The van der Waals surface area contributed by atoms with Crippen molar-refractivity contribution >= 4 is 23.1 Å². The molecule has 4 heterocycles. The molecule has 0 aromatic carbocycles. The zero-order valence-electron chi connectivity index (χ0n) is 14.5. The van der Waals surface area contributed by atoms with Gasteiger partial charge in [0.25, 0.3) is 11.8 Å². The number of anilines is 1. The Bertz CT molecular complexity index is 893. The summed E-state index contributed by atoms with van der Waals surface area (Å²) < 4.78 is 5.33. The molecule has 4 rings (SSSR count). The average Bonchev–Trinajstić information content (AvgIpc) is 3.28. The van der Waals surface area contributed by atoms with Crippen LogP contribution in [0.3, 0.4) is 0 Å². The van der Waals surface area contributed by atoms with E-state index in [1.54, 1.807) is 13.1 Å². The zero-order valence-corrected chi connectivity index (χ0v) is 15.3. The first-order chi connectivity index (χ1) is 12.7. The van der Waals surface area contributed by atoms with Crippen LogP contribution in [0.2, 0.25) is 0 Å². The molecule has 1 aliphatic rings. The summed E-state index contributed by atoms with van der Waals surface area (Å²) in [6, 6.07) is 7.59. The van der Waals surface area contributed by atoms with E-state index >= 15 is 0 Å². The second kappa shape index (κ2) is 7.25. The molecule has 0 N–H and O–H groups in total. The number of thiophene rings is 1. The highest BCUT2D eigenvalue weighted by Gasteiger charge is 2.24.